The topological polar surface area (TPSA) is 72.2 Å². The van der Waals surface area contributed by atoms with E-state index in [2.05, 4.69) is 4.72 Å². The summed E-state index contributed by atoms with van der Waals surface area (Å²) in [7, 11) is -3.92. The van der Waals surface area contributed by atoms with Gasteiger partial charge in [-0.15, -0.1) is 0 Å². The van der Waals surface area contributed by atoms with Crippen LogP contribution in [0.1, 0.15) is 11.1 Å². The molecule has 7 heteroatoms. The Labute approximate surface area is 127 Å². The van der Waals surface area contributed by atoms with Gasteiger partial charge in [-0.2, -0.15) is 0 Å². The summed E-state index contributed by atoms with van der Waals surface area (Å²) in [5, 5.41) is -0.180. The van der Waals surface area contributed by atoms with Gasteiger partial charge in [-0.1, -0.05) is 17.7 Å². The summed E-state index contributed by atoms with van der Waals surface area (Å²) in [5.74, 6) is -0.602. The standard InChI is InChI=1S/C14H14ClFN2O2S/c1-8-3-5-12(9(2)14(8)17)18-21(19,20)13-6-4-10(16)7-11(13)15/h3-7,18H,17H2,1-2H3. The van der Waals surface area contributed by atoms with E-state index < -0.39 is 15.8 Å². The molecule has 0 saturated carbocycles. The molecule has 2 aromatic carbocycles. The van der Waals surface area contributed by atoms with Crippen molar-refractivity contribution in [2.24, 2.45) is 0 Å². The first-order valence-corrected chi connectivity index (χ1v) is 7.92. The molecule has 3 N–H and O–H groups in total. The Morgan fingerprint density at radius 2 is 1.86 bits per heavy atom. The van der Waals surface area contributed by atoms with Crippen LogP contribution < -0.4 is 10.5 Å². The average molecular weight is 329 g/mol. The first-order valence-electron chi connectivity index (χ1n) is 6.06. The predicted molar refractivity (Wildman–Crippen MR) is 82.5 cm³/mol. The molecule has 0 fully saturated rings. The van der Waals surface area contributed by atoms with Gasteiger partial charge in [-0.25, -0.2) is 12.8 Å². The molecule has 0 amide bonds. The number of nitrogens with two attached hydrogens (primary N) is 1. The Kier molecular flexibility index (Phi) is 4.11. The molecule has 112 valence electrons. The smallest absolute Gasteiger partial charge is 0.263 e. The van der Waals surface area contributed by atoms with Crippen molar-refractivity contribution in [3.05, 3.63) is 52.3 Å². The molecule has 4 nitrogen and oxygen atoms in total. The van der Waals surface area contributed by atoms with E-state index in [-0.39, 0.29) is 9.92 Å². The molecule has 2 rings (SSSR count). The highest BCUT2D eigenvalue weighted by atomic mass is 35.5. The SMILES string of the molecule is Cc1ccc(NS(=O)(=O)c2ccc(F)cc2Cl)c(C)c1N. The second kappa shape index (κ2) is 5.54. The van der Waals surface area contributed by atoms with Gasteiger partial charge in [0.25, 0.3) is 10.0 Å². The lowest BCUT2D eigenvalue weighted by atomic mass is 10.1. The van der Waals surface area contributed by atoms with Crippen LogP contribution in [0.25, 0.3) is 0 Å². The van der Waals surface area contributed by atoms with Gasteiger partial charge in [0.1, 0.15) is 10.7 Å². The predicted octanol–water partition coefficient (Wildman–Crippen LogP) is 3.48. The molecule has 0 unspecified atom stereocenters. The van der Waals surface area contributed by atoms with Gasteiger partial charge >= 0.3 is 0 Å². The quantitative estimate of drug-likeness (QED) is 0.847. The van der Waals surface area contributed by atoms with Crippen LogP contribution in [0.5, 0.6) is 0 Å². The van der Waals surface area contributed by atoms with Gasteiger partial charge in [0.15, 0.2) is 0 Å². The minimum absolute atomic E-state index is 0.180. The molecule has 0 radical (unpaired) electrons. The Hall–Kier alpha value is -1.79. The fourth-order valence-corrected chi connectivity index (χ4v) is 3.52. The van der Waals surface area contributed by atoms with Crippen molar-refractivity contribution in [1.82, 2.24) is 0 Å². The van der Waals surface area contributed by atoms with Crippen molar-refractivity contribution < 1.29 is 12.8 Å². The number of aryl methyl sites for hydroxylation is 1. The van der Waals surface area contributed by atoms with Crippen LogP contribution in [0.15, 0.2) is 35.2 Å². The Balaban J connectivity index is 2.45. The van der Waals surface area contributed by atoms with Gasteiger partial charge in [-0.05, 0) is 49.2 Å². The van der Waals surface area contributed by atoms with Crippen molar-refractivity contribution in [1.29, 1.82) is 0 Å². The van der Waals surface area contributed by atoms with E-state index in [4.69, 9.17) is 17.3 Å². The molecule has 0 aliphatic carbocycles. The third kappa shape index (κ3) is 3.11. The lowest BCUT2D eigenvalue weighted by molar-refractivity contribution is 0.599. The molecule has 0 atom stereocenters. The summed E-state index contributed by atoms with van der Waals surface area (Å²) in [6, 6.07) is 6.44. The maximum absolute atomic E-state index is 13.0. The fourth-order valence-electron chi connectivity index (χ4n) is 1.87. The Morgan fingerprint density at radius 3 is 2.48 bits per heavy atom. The van der Waals surface area contributed by atoms with E-state index in [9.17, 15) is 12.8 Å². The van der Waals surface area contributed by atoms with Crippen molar-refractivity contribution in [3.63, 3.8) is 0 Å². The van der Waals surface area contributed by atoms with Crippen LogP contribution in [-0.2, 0) is 10.0 Å². The molecular weight excluding hydrogens is 315 g/mol. The van der Waals surface area contributed by atoms with Crippen molar-refractivity contribution in [3.8, 4) is 0 Å². The van der Waals surface area contributed by atoms with Crippen LogP contribution in [-0.4, -0.2) is 8.42 Å². The van der Waals surface area contributed by atoms with E-state index in [1.807, 2.05) is 6.92 Å². The summed E-state index contributed by atoms with van der Waals surface area (Å²) in [5.41, 5.74) is 8.23. The van der Waals surface area contributed by atoms with Crippen LogP contribution >= 0.6 is 11.6 Å². The lowest BCUT2D eigenvalue weighted by Gasteiger charge is -2.14. The van der Waals surface area contributed by atoms with Crippen LogP contribution in [0.2, 0.25) is 5.02 Å². The average Bonchev–Trinajstić information content (AvgIpc) is 2.39. The minimum Gasteiger partial charge on any atom is -0.398 e. The van der Waals surface area contributed by atoms with Gasteiger partial charge in [0.2, 0.25) is 0 Å². The van der Waals surface area contributed by atoms with E-state index >= 15 is 0 Å². The van der Waals surface area contributed by atoms with Crippen molar-refractivity contribution in [2.45, 2.75) is 18.7 Å². The zero-order valence-electron chi connectivity index (χ0n) is 11.4. The van der Waals surface area contributed by atoms with Crippen LogP contribution in [0.3, 0.4) is 0 Å². The second-order valence-corrected chi connectivity index (χ2v) is 6.71. The third-order valence-corrected chi connectivity index (χ3v) is 5.01. The van der Waals surface area contributed by atoms with Crippen molar-refractivity contribution in [2.75, 3.05) is 10.5 Å². The number of hydrogen-bond acceptors (Lipinski definition) is 3. The molecule has 2 aromatic rings. The largest absolute Gasteiger partial charge is 0.398 e. The Morgan fingerprint density at radius 1 is 1.19 bits per heavy atom. The summed E-state index contributed by atoms with van der Waals surface area (Å²) >= 11 is 5.79. The van der Waals surface area contributed by atoms with E-state index in [1.54, 1.807) is 19.1 Å². The lowest BCUT2D eigenvalue weighted by Crippen LogP contribution is -2.15. The maximum Gasteiger partial charge on any atom is 0.263 e. The molecule has 21 heavy (non-hydrogen) atoms. The maximum atomic E-state index is 13.0. The molecular formula is C14H14ClFN2O2S. The molecule has 0 aromatic heterocycles. The number of hydrogen-bond donors (Lipinski definition) is 2. The van der Waals surface area contributed by atoms with Crippen molar-refractivity contribution >= 4 is 33.0 Å². The molecule has 0 aliphatic heterocycles. The van der Waals surface area contributed by atoms with E-state index in [1.165, 1.54) is 0 Å². The van der Waals surface area contributed by atoms with E-state index in [0.29, 0.717) is 16.9 Å². The molecule has 0 aliphatic rings. The number of nitrogens with one attached hydrogen (secondary N) is 1. The van der Waals surface area contributed by atoms with Gasteiger partial charge in [0.05, 0.1) is 10.7 Å². The highest BCUT2D eigenvalue weighted by Crippen LogP contribution is 2.29. The van der Waals surface area contributed by atoms with E-state index in [0.717, 1.165) is 23.8 Å². The molecule has 0 bridgehead atoms. The zero-order chi connectivity index (χ0) is 15.8. The minimum atomic E-state index is -3.92. The number of nitrogen functional groups attached to an aromatic ring is 1. The first-order chi connectivity index (χ1) is 9.72. The Bertz CT molecular complexity index is 807. The highest BCUT2D eigenvalue weighted by Gasteiger charge is 2.20. The number of anilines is 2. The first kappa shape index (κ1) is 15.6. The number of sulfonamides is 1. The van der Waals surface area contributed by atoms with Crippen LogP contribution in [0.4, 0.5) is 15.8 Å². The fraction of sp³-hybridized carbons (Fsp3) is 0.143. The monoisotopic (exact) mass is 328 g/mol. The summed E-state index contributed by atoms with van der Waals surface area (Å²) in [4.78, 5) is -0.191. The third-order valence-electron chi connectivity index (χ3n) is 3.16. The summed E-state index contributed by atoms with van der Waals surface area (Å²) in [6.45, 7) is 3.55. The normalized spacial score (nSPS) is 11.4. The van der Waals surface area contributed by atoms with Gasteiger partial charge in [-0.3, -0.25) is 4.72 Å². The number of rotatable bonds is 3. The van der Waals surface area contributed by atoms with Gasteiger partial charge < -0.3 is 5.73 Å². The zero-order valence-corrected chi connectivity index (χ0v) is 13.0. The second-order valence-electron chi connectivity index (χ2n) is 4.65. The molecule has 0 spiro atoms. The number of benzene rings is 2. The van der Waals surface area contributed by atoms with Crippen LogP contribution in [0, 0.1) is 19.7 Å². The summed E-state index contributed by atoms with van der Waals surface area (Å²) < 4.78 is 40.1. The molecule has 0 saturated heterocycles. The summed E-state index contributed by atoms with van der Waals surface area (Å²) in [6.07, 6.45) is 0. The highest BCUT2D eigenvalue weighted by molar-refractivity contribution is 7.92. The molecule has 0 heterocycles. The number of halogens is 2. The van der Waals surface area contributed by atoms with Gasteiger partial charge in [0, 0.05) is 5.69 Å².